The first-order valence-electron chi connectivity index (χ1n) is 10.0. The van der Waals surface area contributed by atoms with Crippen LogP contribution in [0.5, 0.6) is 0 Å². The molecule has 9 heteroatoms. The van der Waals surface area contributed by atoms with Crippen molar-refractivity contribution in [3.8, 4) is 0 Å². The number of guanidine groups is 1. The lowest BCUT2D eigenvalue weighted by Gasteiger charge is -2.36. The van der Waals surface area contributed by atoms with Crippen LogP contribution in [0, 0.1) is 5.92 Å². The van der Waals surface area contributed by atoms with Crippen molar-refractivity contribution >= 4 is 41.8 Å². The average molecular weight is 501 g/mol. The Labute approximate surface area is 184 Å². The van der Waals surface area contributed by atoms with Crippen molar-refractivity contribution in [2.75, 3.05) is 51.2 Å². The lowest BCUT2D eigenvalue weighted by atomic mass is 9.89. The summed E-state index contributed by atoms with van der Waals surface area (Å²) >= 11 is 0. The topological polar surface area (TPSA) is 85.8 Å². The molecule has 0 bridgehead atoms. The lowest BCUT2D eigenvalue weighted by Crippen LogP contribution is -2.53. The van der Waals surface area contributed by atoms with Crippen LogP contribution >= 0.6 is 24.0 Å². The van der Waals surface area contributed by atoms with Crippen LogP contribution < -0.4 is 15.5 Å². The molecule has 1 aliphatic carbocycles. The Bertz CT molecular complexity index is 614. The Morgan fingerprint density at radius 2 is 1.71 bits per heavy atom. The molecule has 156 valence electrons. The van der Waals surface area contributed by atoms with Crippen LogP contribution in [0.15, 0.2) is 23.5 Å². The maximum atomic E-state index is 12.2. The van der Waals surface area contributed by atoms with Crippen molar-refractivity contribution in [1.29, 1.82) is 0 Å². The zero-order valence-corrected chi connectivity index (χ0v) is 19.0. The van der Waals surface area contributed by atoms with Crippen LogP contribution in [0.4, 0.5) is 5.95 Å². The van der Waals surface area contributed by atoms with E-state index in [0.29, 0.717) is 13.1 Å². The third kappa shape index (κ3) is 6.46. The minimum absolute atomic E-state index is 0. The molecule has 8 nitrogen and oxygen atoms in total. The van der Waals surface area contributed by atoms with Crippen LogP contribution in [0.25, 0.3) is 0 Å². The molecule has 2 aliphatic rings. The molecule has 0 atom stereocenters. The summed E-state index contributed by atoms with van der Waals surface area (Å²) in [6.07, 6.45) is 9.26. The van der Waals surface area contributed by atoms with Gasteiger partial charge in [-0.3, -0.25) is 9.79 Å². The lowest BCUT2D eigenvalue weighted by molar-refractivity contribution is -0.125. The number of nitrogens with zero attached hydrogens (tertiary/aromatic N) is 5. The molecule has 28 heavy (non-hydrogen) atoms. The zero-order chi connectivity index (χ0) is 18.9. The predicted octanol–water partition coefficient (Wildman–Crippen LogP) is 1.49. The van der Waals surface area contributed by atoms with Crippen molar-refractivity contribution < 1.29 is 4.79 Å². The molecular formula is C19H32IN7O. The summed E-state index contributed by atoms with van der Waals surface area (Å²) in [4.78, 5) is 29.6. The van der Waals surface area contributed by atoms with Crippen molar-refractivity contribution in [2.24, 2.45) is 10.9 Å². The maximum absolute atomic E-state index is 12.2. The highest BCUT2D eigenvalue weighted by Gasteiger charge is 2.22. The smallest absolute Gasteiger partial charge is 0.225 e. The molecule has 0 spiro atoms. The number of aromatic nitrogens is 2. The largest absolute Gasteiger partial charge is 0.354 e. The van der Waals surface area contributed by atoms with Crippen molar-refractivity contribution in [3.05, 3.63) is 18.5 Å². The highest BCUT2D eigenvalue weighted by atomic mass is 127. The summed E-state index contributed by atoms with van der Waals surface area (Å²) in [6, 6.07) is 1.83. The van der Waals surface area contributed by atoms with Gasteiger partial charge in [-0.2, -0.15) is 0 Å². The number of aliphatic imine (C=N–C) groups is 1. The monoisotopic (exact) mass is 501 g/mol. The van der Waals surface area contributed by atoms with E-state index >= 15 is 0 Å². The van der Waals surface area contributed by atoms with Gasteiger partial charge in [-0.1, -0.05) is 19.3 Å². The first-order chi connectivity index (χ1) is 13.3. The quantitative estimate of drug-likeness (QED) is 0.275. The number of carbonyl (C=O) groups excluding carboxylic acids is 1. The summed E-state index contributed by atoms with van der Waals surface area (Å²) in [5.41, 5.74) is 0. The SMILES string of the molecule is CN=C(NCCNC(=O)C1CCCCC1)N1CCN(c2ncccn2)CC1.I. The number of anilines is 1. The van der Waals surface area contributed by atoms with Gasteiger partial charge < -0.3 is 20.4 Å². The van der Waals surface area contributed by atoms with Crippen LogP contribution in [-0.4, -0.2) is 73.1 Å². The first kappa shape index (κ1) is 22.6. The molecule has 0 unspecified atom stereocenters. The van der Waals surface area contributed by atoms with Gasteiger partial charge in [-0.25, -0.2) is 9.97 Å². The summed E-state index contributed by atoms with van der Waals surface area (Å²) in [5.74, 6) is 2.09. The number of amides is 1. The number of rotatable bonds is 5. The number of hydrogen-bond acceptors (Lipinski definition) is 5. The van der Waals surface area contributed by atoms with Crippen molar-refractivity contribution in [1.82, 2.24) is 25.5 Å². The molecule has 1 amide bonds. The molecule has 2 fully saturated rings. The van der Waals surface area contributed by atoms with Crippen molar-refractivity contribution in [3.63, 3.8) is 0 Å². The Balaban J connectivity index is 0.00000280. The maximum Gasteiger partial charge on any atom is 0.225 e. The second-order valence-electron chi connectivity index (χ2n) is 7.12. The van der Waals surface area contributed by atoms with Gasteiger partial charge in [0.1, 0.15) is 0 Å². The molecule has 2 heterocycles. The zero-order valence-electron chi connectivity index (χ0n) is 16.6. The summed E-state index contributed by atoms with van der Waals surface area (Å²) in [5, 5.41) is 6.43. The third-order valence-corrected chi connectivity index (χ3v) is 5.31. The number of carbonyl (C=O) groups is 1. The highest BCUT2D eigenvalue weighted by molar-refractivity contribution is 14.0. The molecule has 1 saturated heterocycles. The van der Waals surface area contributed by atoms with E-state index in [1.54, 1.807) is 19.4 Å². The van der Waals surface area contributed by atoms with Gasteiger partial charge in [0.15, 0.2) is 5.96 Å². The Hall–Kier alpha value is -1.65. The van der Waals surface area contributed by atoms with Gasteiger partial charge in [0.05, 0.1) is 0 Å². The summed E-state index contributed by atoms with van der Waals surface area (Å²) in [7, 11) is 1.80. The van der Waals surface area contributed by atoms with Gasteiger partial charge in [-0.05, 0) is 18.9 Å². The fraction of sp³-hybridized carbons (Fsp3) is 0.684. The van der Waals surface area contributed by atoms with Crippen LogP contribution in [0.1, 0.15) is 32.1 Å². The second kappa shape index (κ2) is 12.0. The van der Waals surface area contributed by atoms with E-state index in [1.165, 1.54) is 19.3 Å². The van der Waals surface area contributed by atoms with Crippen LogP contribution in [-0.2, 0) is 4.79 Å². The number of hydrogen-bond donors (Lipinski definition) is 2. The van der Waals surface area contributed by atoms with E-state index in [1.807, 2.05) is 6.07 Å². The van der Waals surface area contributed by atoms with Gasteiger partial charge in [0.2, 0.25) is 11.9 Å². The second-order valence-corrected chi connectivity index (χ2v) is 7.12. The van der Waals surface area contributed by atoms with E-state index in [-0.39, 0.29) is 35.8 Å². The van der Waals surface area contributed by atoms with Gasteiger partial charge in [0.25, 0.3) is 0 Å². The van der Waals surface area contributed by atoms with Gasteiger partial charge >= 0.3 is 0 Å². The summed E-state index contributed by atoms with van der Waals surface area (Å²) in [6.45, 7) is 4.78. The number of piperazine rings is 1. The van der Waals surface area contributed by atoms with E-state index in [4.69, 9.17) is 0 Å². The Kier molecular flexibility index (Phi) is 9.72. The van der Waals surface area contributed by atoms with Crippen LogP contribution in [0.3, 0.4) is 0 Å². The normalized spacial score (nSPS) is 18.4. The van der Waals surface area contributed by atoms with Gasteiger partial charge in [-0.15, -0.1) is 24.0 Å². The van der Waals surface area contributed by atoms with E-state index in [2.05, 4.69) is 35.4 Å². The van der Waals surface area contributed by atoms with Gasteiger partial charge in [0, 0.05) is 64.6 Å². The molecule has 0 aromatic carbocycles. The number of nitrogens with one attached hydrogen (secondary N) is 2. The molecule has 1 aliphatic heterocycles. The third-order valence-electron chi connectivity index (χ3n) is 5.31. The predicted molar refractivity (Wildman–Crippen MR) is 122 cm³/mol. The molecule has 3 rings (SSSR count). The standard InChI is InChI=1S/C19H31N7O.HI/c1-20-18(24-11-10-21-17(27)16-6-3-2-4-7-16)25-12-14-26(15-13-25)19-22-8-5-9-23-19;/h5,8-9,16H,2-4,6-7,10-15H2,1H3,(H,20,24)(H,21,27);1H. The first-order valence-corrected chi connectivity index (χ1v) is 10.0. The minimum atomic E-state index is 0. The molecule has 0 radical (unpaired) electrons. The fourth-order valence-corrected chi connectivity index (χ4v) is 3.77. The number of halogens is 1. The molecule has 1 aromatic rings. The Morgan fingerprint density at radius 1 is 1.07 bits per heavy atom. The molecule has 1 aromatic heterocycles. The molecular weight excluding hydrogens is 469 g/mol. The fourth-order valence-electron chi connectivity index (χ4n) is 3.77. The Morgan fingerprint density at radius 3 is 2.36 bits per heavy atom. The molecule has 2 N–H and O–H groups in total. The van der Waals surface area contributed by atoms with E-state index in [9.17, 15) is 4.79 Å². The van der Waals surface area contributed by atoms with E-state index in [0.717, 1.165) is 50.9 Å². The minimum Gasteiger partial charge on any atom is -0.354 e. The van der Waals surface area contributed by atoms with Crippen LogP contribution in [0.2, 0.25) is 0 Å². The molecule has 1 saturated carbocycles. The highest BCUT2D eigenvalue weighted by Crippen LogP contribution is 2.23. The average Bonchev–Trinajstić information content (AvgIpc) is 2.75. The summed E-state index contributed by atoms with van der Waals surface area (Å²) < 4.78 is 0. The van der Waals surface area contributed by atoms with Crippen molar-refractivity contribution in [2.45, 2.75) is 32.1 Å². The van der Waals surface area contributed by atoms with E-state index < -0.39 is 0 Å².